The number of ether oxygens (including phenoxy) is 1. The van der Waals surface area contributed by atoms with Gasteiger partial charge < -0.3 is 10.5 Å². The SMILES string of the molecule is CCCC(N)c1ccc(OCc2ccccc2)cc1C. The van der Waals surface area contributed by atoms with Crippen molar-refractivity contribution in [3.8, 4) is 5.75 Å². The Morgan fingerprint density at radius 1 is 1.10 bits per heavy atom. The van der Waals surface area contributed by atoms with Crippen molar-refractivity contribution in [2.24, 2.45) is 5.73 Å². The van der Waals surface area contributed by atoms with Crippen molar-refractivity contribution in [1.82, 2.24) is 0 Å². The Balaban J connectivity index is 2.02. The van der Waals surface area contributed by atoms with Crippen molar-refractivity contribution in [3.63, 3.8) is 0 Å². The molecule has 2 aromatic carbocycles. The minimum Gasteiger partial charge on any atom is -0.489 e. The van der Waals surface area contributed by atoms with Crippen LogP contribution in [-0.4, -0.2) is 0 Å². The summed E-state index contributed by atoms with van der Waals surface area (Å²) in [4.78, 5) is 0. The van der Waals surface area contributed by atoms with Crippen LogP contribution in [0.4, 0.5) is 0 Å². The van der Waals surface area contributed by atoms with Crippen molar-refractivity contribution in [2.45, 2.75) is 39.3 Å². The maximum atomic E-state index is 6.18. The molecule has 0 spiro atoms. The molecule has 0 saturated heterocycles. The summed E-state index contributed by atoms with van der Waals surface area (Å²) in [7, 11) is 0. The smallest absolute Gasteiger partial charge is 0.120 e. The molecule has 0 bridgehead atoms. The molecule has 2 nitrogen and oxygen atoms in total. The first-order valence-electron chi connectivity index (χ1n) is 7.23. The van der Waals surface area contributed by atoms with Crippen LogP contribution in [0.1, 0.15) is 42.5 Å². The lowest BCUT2D eigenvalue weighted by Gasteiger charge is -2.15. The van der Waals surface area contributed by atoms with Crippen LogP contribution in [0.3, 0.4) is 0 Å². The van der Waals surface area contributed by atoms with Gasteiger partial charge in [0.1, 0.15) is 12.4 Å². The topological polar surface area (TPSA) is 35.2 Å². The Hall–Kier alpha value is -1.80. The number of benzene rings is 2. The molecule has 0 aliphatic carbocycles. The molecular weight excluding hydrogens is 246 g/mol. The van der Waals surface area contributed by atoms with E-state index in [0.717, 1.165) is 18.6 Å². The first-order chi connectivity index (χ1) is 9.70. The van der Waals surface area contributed by atoms with E-state index in [9.17, 15) is 0 Å². The third kappa shape index (κ3) is 3.84. The van der Waals surface area contributed by atoms with Gasteiger partial charge in [0, 0.05) is 6.04 Å². The molecule has 2 N–H and O–H groups in total. The molecule has 0 fully saturated rings. The van der Waals surface area contributed by atoms with E-state index in [1.165, 1.54) is 16.7 Å². The molecule has 0 aliphatic heterocycles. The standard InChI is InChI=1S/C18H23NO/c1-3-7-18(19)17-11-10-16(12-14(17)2)20-13-15-8-5-4-6-9-15/h4-6,8-12,18H,3,7,13,19H2,1-2H3. The zero-order valence-corrected chi connectivity index (χ0v) is 12.3. The van der Waals surface area contributed by atoms with Crippen molar-refractivity contribution >= 4 is 0 Å². The van der Waals surface area contributed by atoms with E-state index in [4.69, 9.17) is 10.5 Å². The Kier molecular flexibility index (Phi) is 5.19. The molecule has 106 valence electrons. The molecule has 0 amide bonds. The predicted octanol–water partition coefficient (Wildman–Crippen LogP) is 4.37. The van der Waals surface area contributed by atoms with Gasteiger partial charge in [-0.25, -0.2) is 0 Å². The van der Waals surface area contributed by atoms with Crippen LogP contribution in [0.2, 0.25) is 0 Å². The molecule has 0 aliphatic rings. The minimum atomic E-state index is 0.128. The van der Waals surface area contributed by atoms with Crippen LogP contribution in [0, 0.1) is 6.92 Å². The van der Waals surface area contributed by atoms with Gasteiger partial charge in [-0.05, 0) is 42.2 Å². The van der Waals surface area contributed by atoms with Crippen LogP contribution in [0.25, 0.3) is 0 Å². The van der Waals surface area contributed by atoms with Crippen LogP contribution in [0.15, 0.2) is 48.5 Å². The van der Waals surface area contributed by atoms with Crippen LogP contribution >= 0.6 is 0 Å². The Bertz CT molecular complexity index is 536. The highest BCUT2D eigenvalue weighted by molar-refractivity contribution is 5.36. The largest absolute Gasteiger partial charge is 0.489 e. The maximum absolute atomic E-state index is 6.18. The molecule has 0 radical (unpaired) electrons. The summed E-state index contributed by atoms with van der Waals surface area (Å²) in [5.74, 6) is 0.902. The Morgan fingerprint density at radius 3 is 2.50 bits per heavy atom. The molecule has 20 heavy (non-hydrogen) atoms. The third-order valence-electron chi connectivity index (χ3n) is 3.49. The summed E-state index contributed by atoms with van der Waals surface area (Å²) in [5.41, 5.74) is 9.78. The van der Waals surface area contributed by atoms with Gasteiger partial charge in [0.2, 0.25) is 0 Å². The lowest BCUT2D eigenvalue weighted by molar-refractivity contribution is 0.306. The predicted molar refractivity (Wildman–Crippen MR) is 83.8 cm³/mol. The van der Waals surface area contributed by atoms with Gasteiger partial charge in [-0.1, -0.05) is 49.7 Å². The van der Waals surface area contributed by atoms with Crippen LogP contribution in [-0.2, 0) is 6.61 Å². The highest BCUT2D eigenvalue weighted by Gasteiger charge is 2.08. The van der Waals surface area contributed by atoms with Gasteiger partial charge in [-0.15, -0.1) is 0 Å². The summed E-state index contributed by atoms with van der Waals surface area (Å²) < 4.78 is 5.83. The van der Waals surface area contributed by atoms with Crippen LogP contribution < -0.4 is 10.5 Å². The molecule has 2 rings (SSSR count). The molecule has 1 atom stereocenters. The molecule has 0 aromatic heterocycles. The number of nitrogens with two attached hydrogens (primary N) is 1. The van der Waals surface area contributed by atoms with Crippen LogP contribution in [0.5, 0.6) is 5.75 Å². The molecule has 2 aromatic rings. The summed E-state index contributed by atoms with van der Waals surface area (Å²) in [6.07, 6.45) is 2.12. The average Bonchev–Trinajstić information content (AvgIpc) is 2.46. The third-order valence-corrected chi connectivity index (χ3v) is 3.49. The Labute approximate surface area is 121 Å². The monoisotopic (exact) mass is 269 g/mol. The second kappa shape index (κ2) is 7.11. The number of aryl methyl sites for hydroxylation is 1. The molecule has 0 saturated carbocycles. The summed E-state index contributed by atoms with van der Waals surface area (Å²) in [5, 5.41) is 0. The summed E-state index contributed by atoms with van der Waals surface area (Å²) in [6, 6.07) is 16.5. The fourth-order valence-corrected chi connectivity index (χ4v) is 2.36. The van der Waals surface area contributed by atoms with Gasteiger partial charge >= 0.3 is 0 Å². The summed E-state index contributed by atoms with van der Waals surface area (Å²) >= 11 is 0. The molecular formula is C18H23NO. The highest BCUT2D eigenvalue weighted by Crippen LogP contribution is 2.24. The fourth-order valence-electron chi connectivity index (χ4n) is 2.36. The number of hydrogen-bond donors (Lipinski definition) is 1. The lowest BCUT2D eigenvalue weighted by atomic mass is 9.98. The zero-order chi connectivity index (χ0) is 14.4. The van der Waals surface area contributed by atoms with Gasteiger partial charge in [0.15, 0.2) is 0 Å². The Morgan fingerprint density at radius 2 is 1.85 bits per heavy atom. The molecule has 1 unspecified atom stereocenters. The lowest BCUT2D eigenvalue weighted by Crippen LogP contribution is -2.11. The normalized spacial score (nSPS) is 12.2. The van der Waals surface area contributed by atoms with Crippen molar-refractivity contribution < 1.29 is 4.74 Å². The van der Waals surface area contributed by atoms with E-state index in [0.29, 0.717) is 6.61 Å². The van der Waals surface area contributed by atoms with E-state index in [-0.39, 0.29) is 6.04 Å². The van der Waals surface area contributed by atoms with E-state index in [1.807, 2.05) is 24.3 Å². The number of rotatable bonds is 6. The quantitative estimate of drug-likeness (QED) is 0.845. The van der Waals surface area contributed by atoms with Crippen molar-refractivity contribution in [3.05, 3.63) is 65.2 Å². The van der Waals surface area contributed by atoms with Gasteiger partial charge in [0.25, 0.3) is 0 Å². The highest BCUT2D eigenvalue weighted by atomic mass is 16.5. The average molecular weight is 269 g/mol. The van der Waals surface area contributed by atoms with E-state index in [2.05, 4.69) is 38.1 Å². The first kappa shape index (κ1) is 14.6. The van der Waals surface area contributed by atoms with Crippen molar-refractivity contribution in [2.75, 3.05) is 0 Å². The van der Waals surface area contributed by atoms with Gasteiger partial charge in [-0.3, -0.25) is 0 Å². The maximum Gasteiger partial charge on any atom is 0.120 e. The number of hydrogen-bond acceptors (Lipinski definition) is 2. The second-order valence-electron chi connectivity index (χ2n) is 5.19. The zero-order valence-electron chi connectivity index (χ0n) is 12.3. The van der Waals surface area contributed by atoms with Gasteiger partial charge in [0.05, 0.1) is 0 Å². The minimum absolute atomic E-state index is 0.128. The van der Waals surface area contributed by atoms with Crippen molar-refractivity contribution in [1.29, 1.82) is 0 Å². The molecule has 0 heterocycles. The summed E-state index contributed by atoms with van der Waals surface area (Å²) in [6.45, 7) is 4.85. The van der Waals surface area contributed by atoms with E-state index in [1.54, 1.807) is 0 Å². The fraction of sp³-hybridized carbons (Fsp3) is 0.333. The molecule has 2 heteroatoms. The van der Waals surface area contributed by atoms with E-state index < -0.39 is 0 Å². The van der Waals surface area contributed by atoms with E-state index >= 15 is 0 Å². The second-order valence-corrected chi connectivity index (χ2v) is 5.19. The first-order valence-corrected chi connectivity index (χ1v) is 7.23. The van der Waals surface area contributed by atoms with Gasteiger partial charge in [-0.2, -0.15) is 0 Å².